The third-order valence-electron chi connectivity index (χ3n) is 4.17. The van der Waals surface area contributed by atoms with Gasteiger partial charge in [-0.15, -0.1) is 0 Å². The standard InChI is InChI=1S/C15H17ClFNO3S/c16-11-5-9(6-12(17)13(11)19)14(20)18-10-1-3-21-15(7-10)2-4-22-8-15/h5-6,10,19H,1-4,7-8H2,(H,18,20)/t10-,15+/m1/s1. The monoisotopic (exact) mass is 345 g/mol. The Morgan fingerprint density at radius 2 is 2.36 bits per heavy atom. The molecular weight excluding hydrogens is 329 g/mol. The first-order chi connectivity index (χ1) is 10.5. The van der Waals surface area contributed by atoms with Gasteiger partial charge in [0, 0.05) is 24.0 Å². The number of amides is 1. The molecule has 2 atom stereocenters. The Kier molecular flexibility index (Phi) is 4.52. The third-order valence-corrected chi connectivity index (χ3v) is 5.69. The molecule has 3 rings (SSSR count). The maximum atomic E-state index is 13.5. The van der Waals surface area contributed by atoms with Crippen LogP contribution in [-0.2, 0) is 4.74 Å². The first-order valence-electron chi connectivity index (χ1n) is 7.20. The quantitative estimate of drug-likeness (QED) is 0.865. The zero-order chi connectivity index (χ0) is 15.7. The van der Waals surface area contributed by atoms with Crippen LogP contribution in [0.3, 0.4) is 0 Å². The van der Waals surface area contributed by atoms with E-state index in [0.717, 1.165) is 36.8 Å². The molecule has 2 fully saturated rings. The lowest BCUT2D eigenvalue weighted by Gasteiger charge is -2.38. The van der Waals surface area contributed by atoms with Crippen LogP contribution in [0.2, 0.25) is 5.02 Å². The molecule has 0 bridgehead atoms. The molecule has 0 unspecified atom stereocenters. The first-order valence-corrected chi connectivity index (χ1v) is 8.73. The van der Waals surface area contributed by atoms with Gasteiger partial charge in [-0.25, -0.2) is 4.39 Å². The van der Waals surface area contributed by atoms with Crippen LogP contribution in [0.4, 0.5) is 4.39 Å². The average Bonchev–Trinajstić information content (AvgIpc) is 2.92. The van der Waals surface area contributed by atoms with Crippen molar-refractivity contribution in [2.24, 2.45) is 0 Å². The second-order valence-corrected chi connectivity index (χ2v) is 7.30. The third kappa shape index (κ3) is 3.19. The Balaban J connectivity index is 1.69. The predicted molar refractivity (Wildman–Crippen MR) is 84.2 cm³/mol. The average molecular weight is 346 g/mol. The highest BCUT2D eigenvalue weighted by Gasteiger charge is 2.40. The molecule has 1 amide bonds. The Bertz CT molecular complexity index is 569. The fraction of sp³-hybridized carbons (Fsp3) is 0.533. The number of hydrogen-bond donors (Lipinski definition) is 2. The molecule has 2 N–H and O–H groups in total. The van der Waals surface area contributed by atoms with Crippen LogP contribution >= 0.6 is 23.4 Å². The second-order valence-electron chi connectivity index (χ2n) is 5.79. The molecule has 4 nitrogen and oxygen atoms in total. The molecule has 2 heterocycles. The second kappa shape index (κ2) is 6.26. The summed E-state index contributed by atoms with van der Waals surface area (Å²) < 4.78 is 19.4. The number of carbonyl (C=O) groups excluding carboxylic acids is 1. The van der Waals surface area contributed by atoms with Crippen LogP contribution in [-0.4, -0.2) is 40.8 Å². The number of benzene rings is 1. The van der Waals surface area contributed by atoms with Crippen molar-refractivity contribution in [2.45, 2.75) is 30.9 Å². The number of thioether (sulfide) groups is 1. The molecule has 2 saturated heterocycles. The lowest BCUT2D eigenvalue weighted by Crippen LogP contribution is -2.48. The number of rotatable bonds is 2. The molecule has 1 spiro atoms. The van der Waals surface area contributed by atoms with Gasteiger partial charge in [0.15, 0.2) is 11.6 Å². The number of halogens is 2. The van der Waals surface area contributed by atoms with E-state index < -0.39 is 11.6 Å². The zero-order valence-corrected chi connectivity index (χ0v) is 13.5. The van der Waals surface area contributed by atoms with E-state index in [4.69, 9.17) is 16.3 Å². The van der Waals surface area contributed by atoms with Crippen LogP contribution in [0, 0.1) is 5.82 Å². The minimum atomic E-state index is -0.895. The summed E-state index contributed by atoms with van der Waals surface area (Å²) in [4.78, 5) is 12.3. The summed E-state index contributed by atoms with van der Waals surface area (Å²) in [6.07, 6.45) is 2.52. The number of hydrogen-bond acceptors (Lipinski definition) is 4. The molecule has 0 saturated carbocycles. The van der Waals surface area contributed by atoms with E-state index in [2.05, 4.69) is 5.32 Å². The minimum Gasteiger partial charge on any atom is -0.504 e. The molecule has 0 aliphatic carbocycles. The van der Waals surface area contributed by atoms with Crippen molar-refractivity contribution in [3.63, 3.8) is 0 Å². The molecule has 1 aromatic carbocycles. The number of ether oxygens (including phenoxy) is 1. The summed E-state index contributed by atoms with van der Waals surface area (Å²) in [7, 11) is 0. The highest BCUT2D eigenvalue weighted by molar-refractivity contribution is 7.99. The highest BCUT2D eigenvalue weighted by Crippen LogP contribution is 2.38. The Hall–Kier alpha value is -0.980. The number of carbonyl (C=O) groups is 1. The molecule has 0 aromatic heterocycles. The highest BCUT2D eigenvalue weighted by atomic mass is 35.5. The molecule has 2 aliphatic rings. The van der Waals surface area contributed by atoms with Crippen LogP contribution in [0.5, 0.6) is 5.75 Å². The van der Waals surface area contributed by atoms with E-state index in [1.165, 1.54) is 6.07 Å². The summed E-state index contributed by atoms with van der Waals surface area (Å²) >= 11 is 7.58. The Labute approximate surface area is 137 Å². The topological polar surface area (TPSA) is 58.6 Å². The van der Waals surface area contributed by atoms with Crippen LogP contribution in [0.1, 0.15) is 29.6 Å². The summed E-state index contributed by atoms with van der Waals surface area (Å²) in [6.45, 7) is 0.621. The number of nitrogens with one attached hydrogen (secondary N) is 1. The zero-order valence-electron chi connectivity index (χ0n) is 11.9. The van der Waals surface area contributed by atoms with E-state index in [0.29, 0.717) is 6.61 Å². The van der Waals surface area contributed by atoms with E-state index in [9.17, 15) is 14.3 Å². The Morgan fingerprint density at radius 3 is 3.05 bits per heavy atom. The molecular formula is C15H17ClFNO3S. The van der Waals surface area contributed by atoms with Gasteiger partial charge in [0.2, 0.25) is 0 Å². The SMILES string of the molecule is O=C(N[C@@H]1CCO[C@@]2(CCSC2)C1)c1cc(F)c(O)c(Cl)c1. The normalized spacial score (nSPS) is 28.0. The van der Waals surface area contributed by atoms with Gasteiger partial charge in [-0.05, 0) is 37.1 Å². The molecule has 22 heavy (non-hydrogen) atoms. The van der Waals surface area contributed by atoms with Crippen LogP contribution in [0.25, 0.3) is 0 Å². The van der Waals surface area contributed by atoms with Crippen LogP contribution in [0.15, 0.2) is 12.1 Å². The summed E-state index contributed by atoms with van der Waals surface area (Å²) in [6, 6.07) is 2.28. The number of phenolic OH excluding ortho intramolecular Hbond substituents is 1. The van der Waals surface area contributed by atoms with Crippen molar-refractivity contribution in [1.82, 2.24) is 5.32 Å². The minimum absolute atomic E-state index is 0.00981. The fourth-order valence-corrected chi connectivity index (χ4v) is 4.57. The van der Waals surface area contributed by atoms with E-state index in [1.807, 2.05) is 11.8 Å². The smallest absolute Gasteiger partial charge is 0.251 e. The van der Waals surface area contributed by atoms with Gasteiger partial charge in [0.05, 0.1) is 10.6 Å². The van der Waals surface area contributed by atoms with Crippen molar-refractivity contribution in [1.29, 1.82) is 0 Å². The van der Waals surface area contributed by atoms with Gasteiger partial charge in [0.25, 0.3) is 5.91 Å². The van der Waals surface area contributed by atoms with Gasteiger partial charge in [0.1, 0.15) is 0 Å². The van der Waals surface area contributed by atoms with E-state index in [-0.39, 0.29) is 28.1 Å². The van der Waals surface area contributed by atoms with Crippen molar-refractivity contribution in [3.8, 4) is 5.75 Å². The Morgan fingerprint density at radius 1 is 1.55 bits per heavy atom. The van der Waals surface area contributed by atoms with Crippen molar-refractivity contribution < 1.29 is 19.0 Å². The van der Waals surface area contributed by atoms with Gasteiger partial charge < -0.3 is 15.2 Å². The number of phenols is 1. The summed E-state index contributed by atoms with van der Waals surface area (Å²) in [5, 5.41) is 12.1. The van der Waals surface area contributed by atoms with E-state index >= 15 is 0 Å². The van der Waals surface area contributed by atoms with Gasteiger partial charge >= 0.3 is 0 Å². The summed E-state index contributed by atoms with van der Waals surface area (Å²) in [5.41, 5.74) is -0.0136. The van der Waals surface area contributed by atoms with Gasteiger partial charge in [-0.1, -0.05) is 11.6 Å². The fourth-order valence-electron chi connectivity index (χ4n) is 2.98. The lowest BCUT2D eigenvalue weighted by molar-refractivity contribution is -0.0688. The van der Waals surface area contributed by atoms with Crippen LogP contribution < -0.4 is 5.32 Å². The lowest BCUT2D eigenvalue weighted by atomic mass is 9.89. The molecule has 120 valence electrons. The number of aromatic hydroxyl groups is 1. The predicted octanol–water partition coefficient (Wildman–Crippen LogP) is 2.97. The van der Waals surface area contributed by atoms with Crippen molar-refractivity contribution >= 4 is 29.3 Å². The maximum Gasteiger partial charge on any atom is 0.251 e. The molecule has 1 aromatic rings. The van der Waals surface area contributed by atoms with Crippen molar-refractivity contribution in [2.75, 3.05) is 18.1 Å². The first kappa shape index (κ1) is 15.9. The van der Waals surface area contributed by atoms with E-state index in [1.54, 1.807) is 0 Å². The molecule has 2 aliphatic heterocycles. The van der Waals surface area contributed by atoms with Gasteiger partial charge in [-0.2, -0.15) is 11.8 Å². The summed E-state index contributed by atoms with van der Waals surface area (Å²) in [5.74, 6) is 0.131. The van der Waals surface area contributed by atoms with Gasteiger partial charge in [-0.3, -0.25) is 4.79 Å². The molecule has 7 heteroatoms. The largest absolute Gasteiger partial charge is 0.504 e. The maximum absolute atomic E-state index is 13.5. The molecule has 0 radical (unpaired) electrons. The van der Waals surface area contributed by atoms with Crippen molar-refractivity contribution in [3.05, 3.63) is 28.5 Å².